The van der Waals surface area contributed by atoms with Crippen LogP contribution in [0.3, 0.4) is 0 Å². The van der Waals surface area contributed by atoms with E-state index >= 15 is 0 Å². The first kappa shape index (κ1) is 12.4. The van der Waals surface area contributed by atoms with Gasteiger partial charge in [-0.15, -0.1) is 0 Å². The van der Waals surface area contributed by atoms with Gasteiger partial charge in [-0.25, -0.2) is 0 Å². The van der Waals surface area contributed by atoms with Gasteiger partial charge in [-0.2, -0.15) is 0 Å². The maximum atomic E-state index is 2.49. The van der Waals surface area contributed by atoms with Gasteiger partial charge >= 0.3 is 137 Å². The molecule has 1 saturated heterocycles. The van der Waals surface area contributed by atoms with Crippen LogP contribution >= 0.6 is 0 Å². The van der Waals surface area contributed by atoms with Crippen LogP contribution in [0.2, 0.25) is 0 Å². The third kappa shape index (κ3) is 1.65. The molecule has 0 radical (unpaired) electrons. The van der Waals surface area contributed by atoms with Crippen LogP contribution in [0.4, 0.5) is 0 Å². The fraction of sp³-hybridized carbons (Fsp3) is 0.200. The monoisotopic (exact) mass is 346 g/mol. The summed E-state index contributed by atoms with van der Waals surface area (Å²) in [6.45, 7) is 2.42. The Kier molecular flexibility index (Phi) is 2.59. The van der Waals surface area contributed by atoms with Gasteiger partial charge in [-0.3, -0.25) is 0 Å². The van der Waals surface area contributed by atoms with Crippen molar-refractivity contribution in [1.29, 1.82) is 0 Å². The van der Waals surface area contributed by atoms with E-state index in [0.717, 1.165) is 7.25 Å². The molecule has 0 amide bonds. The molecule has 1 fully saturated rings. The third-order valence-electron chi connectivity index (χ3n) is 5.26. The van der Waals surface area contributed by atoms with E-state index < -0.39 is 23.2 Å². The van der Waals surface area contributed by atoms with Crippen LogP contribution in [0.25, 0.3) is 12.2 Å². The molecule has 2 unspecified atom stereocenters. The molecular weight excluding hydrogens is 331 g/mol. The number of hydrogen-bond acceptors (Lipinski definition) is 0. The first-order chi connectivity index (χ1) is 10.3. The van der Waals surface area contributed by atoms with Crippen molar-refractivity contribution in [3.8, 4) is 0 Å². The Morgan fingerprint density at radius 2 is 1.19 bits per heavy atom. The molecule has 0 saturated carbocycles. The van der Waals surface area contributed by atoms with Gasteiger partial charge in [-0.05, 0) is 0 Å². The first-order valence-electron chi connectivity index (χ1n) is 7.70. The normalized spacial score (nSPS) is 27.8. The molecule has 2 aromatic carbocycles. The molecule has 100 valence electrons. The molecule has 0 spiro atoms. The van der Waals surface area contributed by atoms with Crippen LogP contribution in [0, 0.1) is 5.92 Å². The maximum absolute atomic E-state index is 2.49. The third-order valence-corrected chi connectivity index (χ3v) is 10.1. The second kappa shape index (κ2) is 4.40. The Hall–Kier alpha value is -1.20. The molecule has 1 heterocycles. The zero-order valence-corrected chi connectivity index (χ0v) is 14.5. The Morgan fingerprint density at radius 1 is 0.714 bits per heavy atom. The molecule has 2 aromatic rings. The number of rotatable bonds is 0. The molecule has 0 bridgehead atoms. The molecule has 2 atom stereocenters. The van der Waals surface area contributed by atoms with Crippen molar-refractivity contribution in [2.45, 2.75) is 14.2 Å². The molecule has 2 aliphatic carbocycles. The summed E-state index contributed by atoms with van der Waals surface area (Å²) in [6, 6.07) is 18.1. The number of allylic oxidation sites excluding steroid dienone is 2. The van der Waals surface area contributed by atoms with Crippen LogP contribution in [0.15, 0.2) is 59.7 Å². The van der Waals surface area contributed by atoms with Crippen molar-refractivity contribution < 1.29 is 23.2 Å². The van der Waals surface area contributed by atoms with Crippen molar-refractivity contribution in [2.24, 2.45) is 5.92 Å². The number of fused-ring (bicyclic) bond motifs is 6. The summed E-state index contributed by atoms with van der Waals surface area (Å²) >= 11 is -0.547. The summed E-state index contributed by atoms with van der Waals surface area (Å²) in [4.78, 5) is 0. The van der Waals surface area contributed by atoms with E-state index in [2.05, 4.69) is 67.6 Å². The molecule has 0 aromatic heterocycles. The molecule has 1 heteroatoms. The van der Waals surface area contributed by atoms with Crippen molar-refractivity contribution in [3.63, 3.8) is 0 Å². The standard InChI is InChI=1S/C20H16.Zr/c1-14(19-10-15-6-2-3-7-16(15)11-19)20-12-17-8-4-5-9-18(17)13-20;/h2-14H,1H3;. The predicted molar refractivity (Wildman–Crippen MR) is 83.5 cm³/mol. The predicted octanol–water partition coefficient (Wildman–Crippen LogP) is 5.00. The van der Waals surface area contributed by atoms with E-state index in [1.54, 1.807) is 22.3 Å². The number of benzene rings is 2. The molecule has 0 N–H and O–H groups in total. The van der Waals surface area contributed by atoms with Gasteiger partial charge in [0.05, 0.1) is 0 Å². The van der Waals surface area contributed by atoms with E-state index in [1.165, 1.54) is 11.1 Å². The Balaban J connectivity index is 1.66. The Bertz CT molecular complexity index is 745. The van der Waals surface area contributed by atoms with Crippen molar-refractivity contribution in [2.75, 3.05) is 0 Å². The van der Waals surface area contributed by atoms with Gasteiger partial charge in [0.15, 0.2) is 0 Å². The van der Waals surface area contributed by atoms with Gasteiger partial charge < -0.3 is 0 Å². The average Bonchev–Trinajstić information content (AvgIpc) is 3.07. The SMILES string of the molecule is CC1C2=Cc3ccccc3[CH]2[Zr][CH]2C1=Cc1ccccc12. The van der Waals surface area contributed by atoms with E-state index in [4.69, 9.17) is 0 Å². The molecule has 3 aliphatic rings. The summed E-state index contributed by atoms with van der Waals surface area (Å²) in [5.74, 6) is 0.620. The first-order valence-corrected chi connectivity index (χ1v) is 10.5. The quantitative estimate of drug-likeness (QED) is 0.629. The molecule has 0 nitrogen and oxygen atoms in total. The second-order valence-corrected chi connectivity index (χ2v) is 9.96. The van der Waals surface area contributed by atoms with Crippen LogP contribution in [-0.4, -0.2) is 0 Å². The van der Waals surface area contributed by atoms with Crippen LogP contribution in [0.1, 0.15) is 36.4 Å². The number of hydrogen-bond donors (Lipinski definition) is 0. The minimum atomic E-state index is -0.547. The van der Waals surface area contributed by atoms with Crippen molar-refractivity contribution in [3.05, 3.63) is 81.9 Å². The Labute approximate surface area is 137 Å². The summed E-state index contributed by atoms with van der Waals surface area (Å²) < 4.78 is 1.60. The fourth-order valence-electron chi connectivity index (χ4n) is 4.18. The van der Waals surface area contributed by atoms with Crippen molar-refractivity contribution in [1.82, 2.24) is 0 Å². The Morgan fingerprint density at radius 3 is 1.71 bits per heavy atom. The van der Waals surface area contributed by atoms with Gasteiger partial charge in [0, 0.05) is 0 Å². The van der Waals surface area contributed by atoms with Gasteiger partial charge in [0.2, 0.25) is 0 Å². The topological polar surface area (TPSA) is 0 Å². The van der Waals surface area contributed by atoms with Crippen LogP contribution in [0.5, 0.6) is 0 Å². The van der Waals surface area contributed by atoms with E-state index in [1.807, 2.05) is 0 Å². The summed E-state index contributed by atoms with van der Waals surface area (Å²) in [5.41, 5.74) is 9.62. The van der Waals surface area contributed by atoms with E-state index in [0.29, 0.717) is 5.92 Å². The zero-order valence-electron chi connectivity index (χ0n) is 12.0. The van der Waals surface area contributed by atoms with Gasteiger partial charge in [0.25, 0.3) is 0 Å². The van der Waals surface area contributed by atoms with E-state index in [9.17, 15) is 0 Å². The van der Waals surface area contributed by atoms with Crippen molar-refractivity contribution >= 4 is 12.2 Å². The molecule has 21 heavy (non-hydrogen) atoms. The zero-order chi connectivity index (χ0) is 14.0. The van der Waals surface area contributed by atoms with Gasteiger partial charge in [-0.1, -0.05) is 0 Å². The molecule has 5 rings (SSSR count). The summed E-state index contributed by atoms with van der Waals surface area (Å²) in [6.07, 6.45) is 4.98. The second-order valence-electron chi connectivity index (χ2n) is 6.30. The van der Waals surface area contributed by atoms with Crippen LogP contribution in [-0.2, 0) is 23.2 Å². The average molecular weight is 348 g/mol. The molecular formula is C20H16Zr. The van der Waals surface area contributed by atoms with E-state index in [-0.39, 0.29) is 0 Å². The van der Waals surface area contributed by atoms with Gasteiger partial charge in [0.1, 0.15) is 0 Å². The minimum absolute atomic E-state index is 0.547. The van der Waals surface area contributed by atoms with Crippen LogP contribution < -0.4 is 0 Å². The summed E-state index contributed by atoms with van der Waals surface area (Å²) in [7, 11) is 0. The fourth-order valence-corrected chi connectivity index (χ4v) is 9.76. The molecule has 1 aliphatic heterocycles. The summed E-state index contributed by atoms with van der Waals surface area (Å²) in [5, 5.41) is 0.